The van der Waals surface area contributed by atoms with Gasteiger partial charge in [0.05, 0.1) is 18.3 Å². The standard InChI is InChI=1S/C20H21N5O2/c1-13-21-22-19-12-24(20(26)18-10-17(23-27-18)15-7-8-15)11-16(25(13)19)9-14-5-3-2-4-6-14/h2-6,10,15-16H,7-9,11-12H2,1H3/t16-/m1/s1. The molecule has 27 heavy (non-hydrogen) atoms. The largest absolute Gasteiger partial charge is 0.351 e. The summed E-state index contributed by atoms with van der Waals surface area (Å²) in [5.41, 5.74) is 2.13. The number of carbonyl (C=O) groups is 1. The topological polar surface area (TPSA) is 77.1 Å². The second kappa shape index (κ2) is 6.33. The molecule has 0 unspecified atom stereocenters. The third-order valence-electron chi connectivity index (χ3n) is 5.40. The molecule has 1 amide bonds. The lowest BCUT2D eigenvalue weighted by Gasteiger charge is -2.33. The van der Waals surface area contributed by atoms with Gasteiger partial charge in [0.2, 0.25) is 5.76 Å². The minimum Gasteiger partial charge on any atom is -0.351 e. The Hall–Kier alpha value is -2.96. The maximum absolute atomic E-state index is 13.0. The third-order valence-corrected chi connectivity index (χ3v) is 5.40. The Morgan fingerprint density at radius 1 is 1.22 bits per heavy atom. The van der Waals surface area contributed by atoms with E-state index in [1.54, 1.807) is 11.0 Å². The molecule has 1 aliphatic heterocycles. The smallest absolute Gasteiger partial charge is 0.292 e. The first kappa shape index (κ1) is 16.2. The van der Waals surface area contributed by atoms with Crippen LogP contribution in [-0.4, -0.2) is 37.3 Å². The van der Waals surface area contributed by atoms with Crippen molar-refractivity contribution in [1.82, 2.24) is 24.8 Å². The van der Waals surface area contributed by atoms with Gasteiger partial charge in [0.15, 0.2) is 5.82 Å². The van der Waals surface area contributed by atoms with Crippen molar-refractivity contribution in [2.24, 2.45) is 0 Å². The summed E-state index contributed by atoms with van der Waals surface area (Å²) in [4.78, 5) is 14.8. The number of nitrogens with zero attached hydrogens (tertiary/aromatic N) is 5. The first-order valence-electron chi connectivity index (χ1n) is 9.39. The van der Waals surface area contributed by atoms with Crippen LogP contribution in [-0.2, 0) is 13.0 Å². The molecule has 1 aromatic carbocycles. The zero-order valence-corrected chi connectivity index (χ0v) is 15.2. The predicted molar refractivity (Wildman–Crippen MR) is 97.2 cm³/mol. The van der Waals surface area contributed by atoms with Crippen molar-refractivity contribution in [1.29, 1.82) is 0 Å². The molecule has 1 fully saturated rings. The highest BCUT2D eigenvalue weighted by atomic mass is 16.5. The van der Waals surface area contributed by atoms with E-state index in [9.17, 15) is 4.79 Å². The lowest BCUT2D eigenvalue weighted by atomic mass is 10.0. The fourth-order valence-electron chi connectivity index (χ4n) is 3.88. The second-order valence-electron chi connectivity index (χ2n) is 7.45. The minimum atomic E-state index is -0.126. The Balaban J connectivity index is 1.41. The van der Waals surface area contributed by atoms with Crippen LogP contribution in [0.2, 0.25) is 0 Å². The summed E-state index contributed by atoms with van der Waals surface area (Å²) < 4.78 is 7.50. The maximum Gasteiger partial charge on any atom is 0.292 e. The van der Waals surface area contributed by atoms with Crippen molar-refractivity contribution in [2.45, 2.75) is 44.7 Å². The van der Waals surface area contributed by atoms with Crippen molar-refractivity contribution in [3.05, 3.63) is 65.1 Å². The van der Waals surface area contributed by atoms with Crippen LogP contribution in [0.4, 0.5) is 0 Å². The van der Waals surface area contributed by atoms with Gasteiger partial charge in [-0.3, -0.25) is 4.79 Å². The maximum atomic E-state index is 13.0. The summed E-state index contributed by atoms with van der Waals surface area (Å²) in [6.45, 7) is 2.99. The molecule has 3 aromatic rings. The quantitative estimate of drug-likeness (QED) is 0.712. The van der Waals surface area contributed by atoms with Crippen LogP contribution >= 0.6 is 0 Å². The number of aryl methyl sites for hydroxylation is 1. The Morgan fingerprint density at radius 3 is 2.81 bits per heavy atom. The van der Waals surface area contributed by atoms with E-state index in [0.29, 0.717) is 24.8 Å². The van der Waals surface area contributed by atoms with Gasteiger partial charge in [-0.05, 0) is 31.7 Å². The van der Waals surface area contributed by atoms with Gasteiger partial charge in [0.25, 0.3) is 5.91 Å². The van der Waals surface area contributed by atoms with Crippen LogP contribution < -0.4 is 0 Å². The number of fused-ring (bicyclic) bond motifs is 1. The van der Waals surface area contributed by atoms with Crippen molar-refractivity contribution in [3.63, 3.8) is 0 Å². The summed E-state index contributed by atoms with van der Waals surface area (Å²) >= 11 is 0. The molecule has 138 valence electrons. The van der Waals surface area contributed by atoms with Crippen molar-refractivity contribution < 1.29 is 9.32 Å². The van der Waals surface area contributed by atoms with Gasteiger partial charge in [0.1, 0.15) is 5.82 Å². The van der Waals surface area contributed by atoms with Gasteiger partial charge in [-0.15, -0.1) is 10.2 Å². The summed E-state index contributed by atoms with van der Waals surface area (Å²) in [5.74, 6) is 2.36. The first-order valence-corrected chi connectivity index (χ1v) is 9.39. The molecule has 7 nitrogen and oxygen atoms in total. The van der Waals surface area contributed by atoms with E-state index < -0.39 is 0 Å². The van der Waals surface area contributed by atoms with Crippen LogP contribution in [0.25, 0.3) is 0 Å². The van der Waals surface area contributed by atoms with Gasteiger partial charge < -0.3 is 14.0 Å². The number of aromatic nitrogens is 4. The van der Waals surface area contributed by atoms with E-state index in [-0.39, 0.29) is 11.9 Å². The molecule has 0 spiro atoms. The molecule has 3 heterocycles. The molecular weight excluding hydrogens is 342 g/mol. The molecule has 2 aliphatic rings. The van der Waals surface area contributed by atoms with Crippen molar-refractivity contribution in [3.8, 4) is 0 Å². The van der Waals surface area contributed by atoms with Crippen LogP contribution in [0.3, 0.4) is 0 Å². The number of amides is 1. The van der Waals surface area contributed by atoms with Gasteiger partial charge in [-0.25, -0.2) is 0 Å². The number of carbonyl (C=O) groups excluding carboxylic acids is 1. The Morgan fingerprint density at radius 2 is 2.04 bits per heavy atom. The van der Waals surface area contributed by atoms with Crippen LogP contribution in [0.1, 0.15) is 58.3 Å². The van der Waals surface area contributed by atoms with Gasteiger partial charge in [-0.1, -0.05) is 35.5 Å². The van der Waals surface area contributed by atoms with Crippen LogP contribution in [0.15, 0.2) is 40.9 Å². The summed E-state index contributed by atoms with van der Waals surface area (Å²) in [6, 6.07) is 12.2. The lowest BCUT2D eigenvalue weighted by molar-refractivity contribution is 0.0630. The molecule has 1 atom stereocenters. The Labute approximate surface area is 157 Å². The summed E-state index contributed by atoms with van der Waals surface area (Å²) in [5, 5.41) is 12.6. The van der Waals surface area contributed by atoms with Gasteiger partial charge in [-0.2, -0.15) is 0 Å². The average molecular weight is 363 g/mol. The molecule has 5 rings (SSSR count). The van der Waals surface area contributed by atoms with E-state index in [1.807, 2.05) is 25.1 Å². The summed E-state index contributed by atoms with van der Waals surface area (Å²) in [6.07, 6.45) is 3.08. The SMILES string of the molecule is Cc1nnc2n1[C@H](Cc1ccccc1)CN(C(=O)c1cc(C3CC3)no1)C2. The molecule has 1 aliphatic carbocycles. The average Bonchev–Trinajstić information content (AvgIpc) is 3.30. The van der Waals surface area contributed by atoms with Crippen LogP contribution in [0.5, 0.6) is 0 Å². The highest BCUT2D eigenvalue weighted by molar-refractivity contribution is 5.91. The van der Waals surface area contributed by atoms with Gasteiger partial charge in [0, 0.05) is 18.5 Å². The van der Waals surface area contributed by atoms with Crippen LogP contribution in [0, 0.1) is 6.92 Å². The highest BCUT2D eigenvalue weighted by Gasteiger charge is 2.34. The van der Waals surface area contributed by atoms with E-state index >= 15 is 0 Å². The Bertz CT molecular complexity index is 973. The molecule has 0 saturated heterocycles. The number of rotatable bonds is 4. The first-order chi connectivity index (χ1) is 13.2. The molecular formula is C20H21N5O2. The minimum absolute atomic E-state index is 0.0981. The normalized spacial score (nSPS) is 19.1. The number of hydrogen-bond donors (Lipinski definition) is 0. The molecule has 7 heteroatoms. The molecule has 1 saturated carbocycles. The zero-order valence-electron chi connectivity index (χ0n) is 15.2. The monoisotopic (exact) mass is 363 g/mol. The van der Waals surface area contributed by atoms with E-state index in [0.717, 1.165) is 36.6 Å². The van der Waals surface area contributed by atoms with Crippen molar-refractivity contribution >= 4 is 5.91 Å². The molecule has 0 radical (unpaired) electrons. The van der Waals surface area contributed by atoms with Gasteiger partial charge >= 0.3 is 0 Å². The number of benzene rings is 1. The second-order valence-corrected chi connectivity index (χ2v) is 7.45. The third kappa shape index (κ3) is 3.03. The van der Waals surface area contributed by atoms with E-state index in [2.05, 4.69) is 32.1 Å². The fraction of sp³-hybridized carbons (Fsp3) is 0.400. The van der Waals surface area contributed by atoms with E-state index in [4.69, 9.17) is 4.52 Å². The number of hydrogen-bond acceptors (Lipinski definition) is 5. The molecule has 2 aromatic heterocycles. The summed E-state index contributed by atoms with van der Waals surface area (Å²) in [7, 11) is 0. The zero-order chi connectivity index (χ0) is 18.4. The molecule has 0 N–H and O–H groups in total. The lowest BCUT2D eigenvalue weighted by Crippen LogP contribution is -2.42. The molecule has 0 bridgehead atoms. The Kier molecular flexibility index (Phi) is 3.81. The van der Waals surface area contributed by atoms with E-state index in [1.165, 1.54) is 5.56 Å². The highest BCUT2D eigenvalue weighted by Crippen LogP contribution is 2.39. The fourth-order valence-corrected chi connectivity index (χ4v) is 3.88. The van der Waals surface area contributed by atoms with Crippen molar-refractivity contribution in [2.75, 3.05) is 6.54 Å². The predicted octanol–water partition coefficient (Wildman–Crippen LogP) is 2.89.